The van der Waals surface area contributed by atoms with Crippen LogP contribution in [0, 0.1) is 11.8 Å². The van der Waals surface area contributed by atoms with Gasteiger partial charge in [0, 0.05) is 50.9 Å². The van der Waals surface area contributed by atoms with Crippen molar-refractivity contribution in [3.8, 4) is 0 Å². The van der Waals surface area contributed by atoms with Crippen molar-refractivity contribution in [3.05, 3.63) is 11.7 Å². The van der Waals surface area contributed by atoms with Crippen LogP contribution < -0.4 is 0 Å². The second-order valence-corrected chi connectivity index (χ2v) is 7.70. The lowest BCUT2D eigenvalue weighted by Crippen LogP contribution is -2.51. The normalized spacial score (nSPS) is 26.0. The highest BCUT2D eigenvalue weighted by Gasteiger charge is 2.42. The number of aromatic nitrogens is 2. The van der Waals surface area contributed by atoms with Crippen molar-refractivity contribution in [2.75, 3.05) is 26.2 Å². The van der Waals surface area contributed by atoms with Gasteiger partial charge in [-0.05, 0) is 31.6 Å². The number of hydrogen-bond donors (Lipinski definition) is 0. The Hall–Kier alpha value is -1.92. The smallest absolute Gasteiger partial charge is 0.226 e. The quantitative estimate of drug-likeness (QED) is 0.782. The summed E-state index contributed by atoms with van der Waals surface area (Å²) in [7, 11) is 0. The average Bonchev–Trinajstić information content (AvgIpc) is 3.55. The van der Waals surface area contributed by atoms with Gasteiger partial charge in [0.1, 0.15) is 0 Å². The minimum Gasteiger partial charge on any atom is -0.339 e. The first-order chi connectivity index (χ1) is 12.1. The van der Waals surface area contributed by atoms with E-state index < -0.39 is 0 Å². The van der Waals surface area contributed by atoms with E-state index in [-0.39, 0.29) is 17.7 Å². The van der Waals surface area contributed by atoms with Gasteiger partial charge in [-0.15, -0.1) is 0 Å². The van der Waals surface area contributed by atoms with Crippen LogP contribution in [0.25, 0.3) is 0 Å². The van der Waals surface area contributed by atoms with Crippen LogP contribution in [-0.2, 0) is 16.0 Å². The van der Waals surface area contributed by atoms with Gasteiger partial charge in [-0.2, -0.15) is 4.98 Å². The van der Waals surface area contributed by atoms with E-state index in [1.54, 1.807) is 0 Å². The van der Waals surface area contributed by atoms with Crippen LogP contribution in [0.3, 0.4) is 0 Å². The molecule has 2 saturated carbocycles. The second-order valence-electron chi connectivity index (χ2n) is 7.70. The van der Waals surface area contributed by atoms with Gasteiger partial charge in [-0.1, -0.05) is 12.1 Å². The van der Waals surface area contributed by atoms with E-state index in [1.807, 2.05) is 9.80 Å². The zero-order valence-electron chi connectivity index (χ0n) is 14.8. The molecule has 1 aliphatic heterocycles. The zero-order valence-corrected chi connectivity index (χ0v) is 14.8. The molecule has 2 atom stereocenters. The van der Waals surface area contributed by atoms with Crippen molar-refractivity contribution in [1.82, 2.24) is 19.9 Å². The van der Waals surface area contributed by atoms with Crippen molar-refractivity contribution in [2.45, 2.75) is 51.4 Å². The number of rotatable bonds is 6. The number of piperazine rings is 1. The van der Waals surface area contributed by atoms with Crippen molar-refractivity contribution in [1.29, 1.82) is 0 Å². The first-order valence-corrected chi connectivity index (χ1v) is 9.51. The maximum absolute atomic E-state index is 12.3. The third-order valence-corrected chi connectivity index (χ3v) is 5.58. The Labute approximate surface area is 147 Å². The molecule has 0 spiro atoms. The molecule has 0 radical (unpaired) electrons. The topological polar surface area (TPSA) is 79.5 Å². The summed E-state index contributed by atoms with van der Waals surface area (Å²) in [6, 6.07) is 0. The van der Waals surface area contributed by atoms with E-state index in [2.05, 4.69) is 17.1 Å². The molecule has 0 aromatic carbocycles. The van der Waals surface area contributed by atoms with Crippen LogP contribution in [0.2, 0.25) is 0 Å². The van der Waals surface area contributed by atoms with Gasteiger partial charge in [0.25, 0.3) is 0 Å². The highest BCUT2D eigenvalue weighted by molar-refractivity contribution is 5.82. The first kappa shape index (κ1) is 16.5. The maximum Gasteiger partial charge on any atom is 0.226 e. The van der Waals surface area contributed by atoms with Gasteiger partial charge >= 0.3 is 0 Å². The number of carbonyl (C=O) groups is 2. The van der Waals surface area contributed by atoms with Gasteiger partial charge in [0.05, 0.1) is 0 Å². The summed E-state index contributed by atoms with van der Waals surface area (Å²) in [5, 5.41) is 4.00. The van der Waals surface area contributed by atoms with Gasteiger partial charge in [0.15, 0.2) is 5.82 Å². The van der Waals surface area contributed by atoms with E-state index in [9.17, 15) is 9.59 Å². The number of nitrogens with zero attached hydrogens (tertiary/aromatic N) is 4. The number of hydrogen-bond acceptors (Lipinski definition) is 5. The van der Waals surface area contributed by atoms with Gasteiger partial charge in [-0.25, -0.2) is 0 Å². The third-order valence-electron chi connectivity index (χ3n) is 5.58. The molecule has 1 saturated heterocycles. The molecule has 0 N–H and O–H groups in total. The highest BCUT2D eigenvalue weighted by Crippen LogP contribution is 2.39. The molecule has 25 heavy (non-hydrogen) atoms. The van der Waals surface area contributed by atoms with Crippen LogP contribution in [0.5, 0.6) is 0 Å². The molecule has 3 fully saturated rings. The Morgan fingerprint density at radius 3 is 2.48 bits per heavy atom. The number of amides is 2. The summed E-state index contributed by atoms with van der Waals surface area (Å²) in [5.41, 5.74) is 0. The molecule has 1 aromatic rings. The standard InChI is InChI=1S/C18H26N4O3/c1-12-11-14(12)18(24)22-9-7-21(8-10-22)16(23)4-2-3-15-19-17(20-25-15)13-5-6-13/h12-14H,2-11H2,1H3. The van der Waals surface area contributed by atoms with Gasteiger partial charge < -0.3 is 14.3 Å². The lowest BCUT2D eigenvalue weighted by atomic mass is 10.2. The molecular formula is C18H26N4O3. The maximum atomic E-state index is 12.3. The van der Waals surface area contributed by atoms with E-state index in [4.69, 9.17) is 4.52 Å². The molecule has 4 rings (SSSR count). The third kappa shape index (κ3) is 3.85. The van der Waals surface area contributed by atoms with E-state index in [1.165, 1.54) is 0 Å². The molecule has 2 unspecified atom stereocenters. The lowest BCUT2D eigenvalue weighted by molar-refractivity contribution is -0.140. The Balaban J connectivity index is 1.16. The summed E-state index contributed by atoms with van der Waals surface area (Å²) in [5.74, 6) is 3.18. The van der Waals surface area contributed by atoms with Crippen molar-refractivity contribution < 1.29 is 14.1 Å². The summed E-state index contributed by atoms with van der Waals surface area (Å²) < 4.78 is 5.24. The fourth-order valence-electron chi connectivity index (χ4n) is 3.50. The molecule has 136 valence electrons. The molecule has 7 heteroatoms. The van der Waals surface area contributed by atoms with E-state index in [0.29, 0.717) is 56.7 Å². The van der Waals surface area contributed by atoms with E-state index >= 15 is 0 Å². The Bertz CT molecular complexity index is 647. The lowest BCUT2D eigenvalue weighted by Gasteiger charge is -2.35. The van der Waals surface area contributed by atoms with Crippen molar-refractivity contribution in [3.63, 3.8) is 0 Å². The number of aryl methyl sites for hydroxylation is 1. The first-order valence-electron chi connectivity index (χ1n) is 9.51. The van der Waals surface area contributed by atoms with Crippen LogP contribution in [0.1, 0.15) is 56.7 Å². The largest absolute Gasteiger partial charge is 0.339 e. The molecule has 2 heterocycles. The molecule has 1 aromatic heterocycles. The molecular weight excluding hydrogens is 320 g/mol. The van der Waals surface area contributed by atoms with Crippen LogP contribution in [0.15, 0.2) is 4.52 Å². The Morgan fingerprint density at radius 2 is 1.84 bits per heavy atom. The second kappa shape index (κ2) is 6.77. The highest BCUT2D eigenvalue weighted by atomic mass is 16.5. The van der Waals surface area contributed by atoms with Crippen LogP contribution in [-0.4, -0.2) is 57.9 Å². The minimum atomic E-state index is 0.161. The predicted molar refractivity (Wildman–Crippen MR) is 89.6 cm³/mol. The SMILES string of the molecule is CC1CC1C(=O)N1CCN(C(=O)CCCc2nc(C3CC3)no2)CC1. The molecule has 0 bridgehead atoms. The molecule has 7 nitrogen and oxygen atoms in total. The molecule has 2 amide bonds. The molecule has 2 aliphatic carbocycles. The summed E-state index contributed by atoms with van der Waals surface area (Å²) in [4.78, 5) is 32.8. The summed E-state index contributed by atoms with van der Waals surface area (Å²) in [6.45, 7) is 4.76. The van der Waals surface area contributed by atoms with Crippen molar-refractivity contribution in [2.24, 2.45) is 11.8 Å². The summed E-state index contributed by atoms with van der Waals surface area (Å²) >= 11 is 0. The zero-order chi connectivity index (χ0) is 17.4. The number of carbonyl (C=O) groups excluding carboxylic acids is 2. The average molecular weight is 346 g/mol. The monoisotopic (exact) mass is 346 g/mol. The fraction of sp³-hybridized carbons (Fsp3) is 0.778. The van der Waals surface area contributed by atoms with Gasteiger partial charge in [0.2, 0.25) is 17.7 Å². The van der Waals surface area contributed by atoms with Crippen LogP contribution >= 0.6 is 0 Å². The van der Waals surface area contributed by atoms with E-state index in [0.717, 1.165) is 31.5 Å². The predicted octanol–water partition coefficient (Wildman–Crippen LogP) is 1.60. The summed E-state index contributed by atoms with van der Waals surface area (Å²) in [6.07, 6.45) is 5.22. The Morgan fingerprint density at radius 1 is 1.16 bits per heavy atom. The minimum absolute atomic E-state index is 0.161. The molecule has 3 aliphatic rings. The van der Waals surface area contributed by atoms with Crippen molar-refractivity contribution >= 4 is 11.8 Å². The van der Waals surface area contributed by atoms with Crippen LogP contribution in [0.4, 0.5) is 0 Å². The Kier molecular flexibility index (Phi) is 4.48. The fourth-order valence-corrected chi connectivity index (χ4v) is 3.50. The van der Waals surface area contributed by atoms with Gasteiger partial charge in [-0.3, -0.25) is 9.59 Å².